The first-order chi connectivity index (χ1) is 14.5. The highest BCUT2D eigenvalue weighted by molar-refractivity contribution is 5.79. The molecule has 1 unspecified atom stereocenters. The number of benzene rings is 2. The predicted octanol–water partition coefficient (Wildman–Crippen LogP) is 3.80. The second kappa shape index (κ2) is 12.9. The fourth-order valence-corrected chi connectivity index (χ4v) is 2.92. The monoisotopic (exact) mass is 413 g/mol. The van der Waals surface area contributed by atoms with E-state index in [0.29, 0.717) is 32.3 Å². The molecular weight excluding hydrogens is 378 g/mol. The number of aliphatic hydroxyl groups is 1. The summed E-state index contributed by atoms with van der Waals surface area (Å²) in [5.74, 6) is 1.47. The minimum Gasteiger partial charge on any atom is -0.491 e. The minimum atomic E-state index is -0.646. The number of hydrogen-bond donors (Lipinski definition) is 3. The smallest absolute Gasteiger partial charge is 0.191 e. The molecule has 2 aromatic rings. The van der Waals surface area contributed by atoms with Gasteiger partial charge >= 0.3 is 0 Å². The lowest BCUT2D eigenvalue weighted by atomic mass is 10.1. The lowest BCUT2D eigenvalue weighted by Crippen LogP contribution is -2.39. The van der Waals surface area contributed by atoms with Crippen LogP contribution in [0, 0.1) is 0 Å². The Bertz CT molecular complexity index is 776. The molecule has 0 heterocycles. The Morgan fingerprint density at radius 1 is 1.00 bits per heavy atom. The number of nitrogens with one attached hydrogen (secondary N) is 2. The summed E-state index contributed by atoms with van der Waals surface area (Å²) in [7, 11) is 0. The molecule has 0 radical (unpaired) electrons. The van der Waals surface area contributed by atoms with Crippen molar-refractivity contribution in [2.45, 2.75) is 53.1 Å². The molecule has 3 N–H and O–H groups in total. The fourth-order valence-electron chi connectivity index (χ4n) is 2.92. The minimum absolute atomic E-state index is 0.125. The fraction of sp³-hybridized carbons (Fsp3) is 0.458. The van der Waals surface area contributed by atoms with E-state index in [2.05, 4.69) is 27.8 Å². The number of ether oxygens (including phenoxy) is 2. The van der Waals surface area contributed by atoms with Crippen LogP contribution in [-0.2, 0) is 17.9 Å². The molecular formula is C24H35N3O3. The summed E-state index contributed by atoms with van der Waals surface area (Å²) >= 11 is 0. The van der Waals surface area contributed by atoms with Crippen LogP contribution in [0.2, 0.25) is 0 Å². The number of aliphatic hydroxyl groups excluding tert-OH is 1. The molecule has 0 fully saturated rings. The van der Waals surface area contributed by atoms with Gasteiger partial charge in [0.1, 0.15) is 5.75 Å². The van der Waals surface area contributed by atoms with E-state index in [1.54, 1.807) is 0 Å². The van der Waals surface area contributed by atoms with Crippen molar-refractivity contribution in [3.05, 3.63) is 65.2 Å². The standard InChI is InChI=1S/C24H35N3O3/c1-5-25-24(26-15-20-9-7-8-10-21(20)17-29-6-2)27-16-23(28)19-11-13-22(14-12-19)30-18(3)4/h7-14,18,23,28H,5-6,15-17H2,1-4H3,(H2,25,26,27). The third kappa shape index (κ3) is 8.05. The van der Waals surface area contributed by atoms with Gasteiger partial charge in [-0.1, -0.05) is 36.4 Å². The van der Waals surface area contributed by atoms with Crippen LogP contribution < -0.4 is 15.4 Å². The van der Waals surface area contributed by atoms with Crippen LogP contribution in [0.1, 0.15) is 50.5 Å². The van der Waals surface area contributed by atoms with Crippen LogP contribution in [0.3, 0.4) is 0 Å². The van der Waals surface area contributed by atoms with Gasteiger partial charge in [0.2, 0.25) is 0 Å². The van der Waals surface area contributed by atoms with Crippen LogP contribution in [0.5, 0.6) is 5.75 Å². The Hall–Kier alpha value is -2.57. The number of rotatable bonds is 11. The van der Waals surface area contributed by atoms with Crippen molar-refractivity contribution in [3.63, 3.8) is 0 Å². The maximum Gasteiger partial charge on any atom is 0.191 e. The van der Waals surface area contributed by atoms with E-state index in [1.807, 2.05) is 64.1 Å². The first-order valence-electron chi connectivity index (χ1n) is 10.6. The van der Waals surface area contributed by atoms with Gasteiger partial charge in [-0.15, -0.1) is 0 Å². The van der Waals surface area contributed by atoms with Gasteiger partial charge in [-0.25, -0.2) is 4.99 Å². The molecule has 2 aromatic carbocycles. The topological polar surface area (TPSA) is 75.1 Å². The Morgan fingerprint density at radius 3 is 2.33 bits per heavy atom. The molecule has 6 nitrogen and oxygen atoms in total. The molecule has 30 heavy (non-hydrogen) atoms. The second-order valence-electron chi connectivity index (χ2n) is 7.23. The van der Waals surface area contributed by atoms with Gasteiger partial charge in [0.25, 0.3) is 0 Å². The van der Waals surface area contributed by atoms with E-state index >= 15 is 0 Å². The van der Waals surface area contributed by atoms with E-state index < -0.39 is 6.10 Å². The average Bonchev–Trinajstić information content (AvgIpc) is 2.74. The van der Waals surface area contributed by atoms with Crippen LogP contribution in [0.4, 0.5) is 0 Å². The molecule has 0 aliphatic carbocycles. The molecule has 1 atom stereocenters. The summed E-state index contributed by atoms with van der Waals surface area (Å²) in [5.41, 5.74) is 3.10. The maximum absolute atomic E-state index is 10.5. The third-order valence-electron chi connectivity index (χ3n) is 4.43. The molecule has 0 aliphatic rings. The van der Waals surface area contributed by atoms with Crippen molar-refractivity contribution in [1.82, 2.24) is 10.6 Å². The highest BCUT2D eigenvalue weighted by atomic mass is 16.5. The van der Waals surface area contributed by atoms with Gasteiger partial charge in [0, 0.05) is 19.7 Å². The Balaban J connectivity index is 1.96. The van der Waals surface area contributed by atoms with Gasteiger partial charge in [-0.3, -0.25) is 0 Å². The Kier molecular flexibility index (Phi) is 10.2. The molecule has 6 heteroatoms. The molecule has 0 aliphatic heterocycles. The molecule has 0 aromatic heterocycles. The zero-order valence-corrected chi connectivity index (χ0v) is 18.5. The molecule has 0 bridgehead atoms. The molecule has 164 valence electrons. The van der Waals surface area contributed by atoms with Crippen molar-refractivity contribution in [1.29, 1.82) is 0 Å². The molecule has 0 spiro atoms. The normalized spacial score (nSPS) is 12.7. The van der Waals surface area contributed by atoms with E-state index in [9.17, 15) is 5.11 Å². The van der Waals surface area contributed by atoms with Crippen LogP contribution >= 0.6 is 0 Å². The summed E-state index contributed by atoms with van der Waals surface area (Å²) in [6, 6.07) is 15.7. The predicted molar refractivity (Wildman–Crippen MR) is 122 cm³/mol. The quantitative estimate of drug-likeness (QED) is 0.386. The number of aliphatic imine (C=N–C) groups is 1. The van der Waals surface area contributed by atoms with E-state index in [4.69, 9.17) is 9.47 Å². The summed E-state index contributed by atoms with van der Waals surface area (Å²) in [4.78, 5) is 4.67. The van der Waals surface area contributed by atoms with E-state index in [-0.39, 0.29) is 6.10 Å². The van der Waals surface area contributed by atoms with Crippen molar-refractivity contribution >= 4 is 5.96 Å². The van der Waals surface area contributed by atoms with Crippen molar-refractivity contribution in [2.24, 2.45) is 4.99 Å². The Labute approximate surface area is 180 Å². The van der Waals surface area contributed by atoms with Crippen molar-refractivity contribution in [2.75, 3.05) is 19.7 Å². The first kappa shape index (κ1) is 23.7. The van der Waals surface area contributed by atoms with Crippen LogP contribution in [-0.4, -0.2) is 36.9 Å². The van der Waals surface area contributed by atoms with Gasteiger partial charge in [-0.2, -0.15) is 0 Å². The van der Waals surface area contributed by atoms with Crippen LogP contribution in [0.25, 0.3) is 0 Å². The average molecular weight is 414 g/mol. The number of hydrogen-bond acceptors (Lipinski definition) is 4. The third-order valence-corrected chi connectivity index (χ3v) is 4.43. The molecule has 0 saturated carbocycles. The molecule has 0 amide bonds. The summed E-state index contributed by atoms with van der Waals surface area (Å²) in [6.07, 6.45) is -0.521. The van der Waals surface area contributed by atoms with Gasteiger partial charge < -0.3 is 25.2 Å². The second-order valence-corrected chi connectivity index (χ2v) is 7.23. The van der Waals surface area contributed by atoms with Crippen molar-refractivity contribution in [3.8, 4) is 5.75 Å². The highest BCUT2D eigenvalue weighted by Gasteiger charge is 2.10. The van der Waals surface area contributed by atoms with E-state index in [1.165, 1.54) is 0 Å². The van der Waals surface area contributed by atoms with Crippen molar-refractivity contribution < 1.29 is 14.6 Å². The van der Waals surface area contributed by atoms with Gasteiger partial charge in [0.15, 0.2) is 5.96 Å². The lowest BCUT2D eigenvalue weighted by molar-refractivity contribution is 0.133. The first-order valence-corrected chi connectivity index (χ1v) is 10.6. The zero-order chi connectivity index (χ0) is 21.8. The lowest BCUT2D eigenvalue weighted by Gasteiger charge is -2.17. The molecule has 0 saturated heterocycles. The Morgan fingerprint density at radius 2 is 1.70 bits per heavy atom. The molecule has 2 rings (SSSR count). The van der Waals surface area contributed by atoms with Crippen LogP contribution in [0.15, 0.2) is 53.5 Å². The SMILES string of the molecule is CCNC(=NCc1ccccc1COCC)NCC(O)c1ccc(OC(C)C)cc1. The zero-order valence-electron chi connectivity index (χ0n) is 18.5. The van der Waals surface area contributed by atoms with Gasteiger partial charge in [-0.05, 0) is 56.5 Å². The number of guanidine groups is 1. The van der Waals surface area contributed by atoms with Gasteiger partial charge in [0.05, 0.1) is 25.4 Å². The number of nitrogens with zero attached hydrogens (tertiary/aromatic N) is 1. The van der Waals surface area contributed by atoms with E-state index in [0.717, 1.165) is 29.0 Å². The summed E-state index contributed by atoms with van der Waals surface area (Å²) in [5, 5.41) is 17.0. The highest BCUT2D eigenvalue weighted by Crippen LogP contribution is 2.18. The summed E-state index contributed by atoms with van der Waals surface area (Å²) < 4.78 is 11.2. The largest absolute Gasteiger partial charge is 0.491 e. The maximum atomic E-state index is 10.5. The summed E-state index contributed by atoms with van der Waals surface area (Å²) in [6.45, 7) is 10.9.